The van der Waals surface area contributed by atoms with Gasteiger partial charge in [-0.25, -0.2) is 0 Å². The van der Waals surface area contributed by atoms with Crippen LogP contribution in [-0.2, 0) is 0 Å². The molecule has 4 heteroatoms. The van der Waals surface area contributed by atoms with Crippen molar-refractivity contribution in [1.29, 1.82) is 0 Å². The van der Waals surface area contributed by atoms with Gasteiger partial charge in [0, 0.05) is 5.92 Å². The number of halogens is 3. The Hall–Kier alpha value is -0.690. The fourth-order valence-electron chi connectivity index (χ4n) is 1.87. The van der Waals surface area contributed by atoms with Crippen molar-refractivity contribution >= 4 is 0 Å². The van der Waals surface area contributed by atoms with E-state index in [1.54, 1.807) is 0 Å². The zero-order chi connectivity index (χ0) is 10.8. The van der Waals surface area contributed by atoms with Gasteiger partial charge < -0.3 is 5.11 Å². The van der Waals surface area contributed by atoms with Crippen LogP contribution in [0.5, 0.6) is 0 Å². The van der Waals surface area contributed by atoms with Crippen LogP contribution in [0.3, 0.4) is 0 Å². The summed E-state index contributed by atoms with van der Waals surface area (Å²) in [6.45, 7) is 0. The summed E-state index contributed by atoms with van der Waals surface area (Å²) in [5.41, 5.74) is 0. The molecule has 0 spiro atoms. The number of alkyl halides is 3. The summed E-state index contributed by atoms with van der Waals surface area (Å²) < 4.78 is 36.4. The predicted octanol–water partition coefficient (Wildman–Crippen LogP) is 2.35. The molecule has 1 aliphatic rings. The largest absolute Gasteiger partial charge is 0.414 e. The maximum Gasteiger partial charge on any atom is 0.414 e. The molecule has 0 heterocycles. The Kier molecular flexibility index (Phi) is 3.43. The molecule has 0 amide bonds. The van der Waals surface area contributed by atoms with E-state index in [1.165, 1.54) is 0 Å². The van der Waals surface area contributed by atoms with Crippen LogP contribution < -0.4 is 0 Å². The van der Waals surface area contributed by atoms with E-state index < -0.39 is 18.2 Å². The maximum absolute atomic E-state index is 12.1. The van der Waals surface area contributed by atoms with Gasteiger partial charge in [0.2, 0.25) is 0 Å². The lowest BCUT2D eigenvalue weighted by Crippen LogP contribution is -2.37. The Morgan fingerprint density at radius 1 is 1.21 bits per heavy atom. The minimum atomic E-state index is -4.49. The van der Waals surface area contributed by atoms with Crippen LogP contribution in [0.15, 0.2) is 0 Å². The highest BCUT2D eigenvalue weighted by Crippen LogP contribution is 2.36. The second-order valence-corrected chi connectivity index (χ2v) is 3.76. The standard InChI is InChI=1S/C10H13F3O/c1-2-7-3-5-8(6-4-7)9(14)10(11,12)13/h1,7-9,14H,3-6H2. The van der Waals surface area contributed by atoms with Crippen LogP contribution in [-0.4, -0.2) is 17.4 Å². The van der Waals surface area contributed by atoms with E-state index >= 15 is 0 Å². The van der Waals surface area contributed by atoms with E-state index in [0.717, 1.165) is 0 Å². The smallest absolute Gasteiger partial charge is 0.383 e. The fraction of sp³-hybridized carbons (Fsp3) is 0.800. The number of aliphatic hydroxyl groups excluding tert-OH is 1. The molecule has 1 fully saturated rings. The van der Waals surface area contributed by atoms with E-state index in [9.17, 15) is 13.2 Å². The zero-order valence-electron chi connectivity index (χ0n) is 7.72. The van der Waals surface area contributed by atoms with Gasteiger partial charge in [0.15, 0.2) is 6.10 Å². The van der Waals surface area contributed by atoms with Crippen LogP contribution in [0.1, 0.15) is 25.7 Å². The molecule has 0 radical (unpaired) electrons. The summed E-state index contributed by atoms with van der Waals surface area (Å²) in [4.78, 5) is 0. The summed E-state index contributed by atoms with van der Waals surface area (Å²) in [6, 6.07) is 0. The number of hydrogen-bond donors (Lipinski definition) is 1. The zero-order valence-corrected chi connectivity index (χ0v) is 7.72. The van der Waals surface area contributed by atoms with Crippen LogP contribution >= 0.6 is 0 Å². The van der Waals surface area contributed by atoms with E-state index in [1.807, 2.05) is 0 Å². The summed E-state index contributed by atoms with van der Waals surface area (Å²) in [5, 5.41) is 8.99. The number of rotatable bonds is 1. The third kappa shape index (κ3) is 2.65. The van der Waals surface area contributed by atoms with Crippen LogP contribution in [0.4, 0.5) is 13.2 Å². The quantitative estimate of drug-likeness (QED) is 0.653. The highest BCUT2D eigenvalue weighted by atomic mass is 19.4. The van der Waals surface area contributed by atoms with Gasteiger partial charge in [0.1, 0.15) is 0 Å². The minimum Gasteiger partial charge on any atom is -0.383 e. The van der Waals surface area contributed by atoms with Gasteiger partial charge >= 0.3 is 6.18 Å². The highest BCUT2D eigenvalue weighted by molar-refractivity contribution is 4.96. The molecule has 1 nitrogen and oxygen atoms in total. The van der Waals surface area contributed by atoms with Gasteiger partial charge in [-0.3, -0.25) is 0 Å². The summed E-state index contributed by atoms with van der Waals surface area (Å²) in [7, 11) is 0. The molecule has 1 saturated carbocycles. The molecule has 0 aromatic heterocycles. The van der Waals surface area contributed by atoms with Gasteiger partial charge in [-0.05, 0) is 31.6 Å². The van der Waals surface area contributed by atoms with E-state index in [-0.39, 0.29) is 5.92 Å². The topological polar surface area (TPSA) is 20.2 Å². The summed E-state index contributed by atoms with van der Waals surface area (Å²) in [6.07, 6.45) is 0.428. The molecule has 80 valence electrons. The molecule has 1 aliphatic carbocycles. The molecule has 1 rings (SSSR count). The lowest BCUT2D eigenvalue weighted by Gasteiger charge is -2.30. The Balaban J connectivity index is 2.46. The van der Waals surface area contributed by atoms with E-state index in [2.05, 4.69) is 5.92 Å². The number of aliphatic hydroxyl groups is 1. The minimum absolute atomic E-state index is 0.0895. The predicted molar refractivity (Wildman–Crippen MR) is 46.3 cm³/mol. The molecule has 14 heavy (non-hydrogen) atoms. The van der Waals surface area contributed by atoms with Gasteiger partial charge in [0.25, 0.3) is 0 Å². The Bertz CT molecular complexity index is 221. The third-order valence-corrected chi connectivity index (χ3v) is 2.79. The van der Waals surface area contributed by atoms with Crippen molar-refractivity contribution in [1.82, 2.24) is 0 Å². The van der Waals surface area contributed by atoms with Crippen molar-refractivity contribution in [2.24, 2.45) is 11.8 Å². The molecule has 0 bridgehead atoms. The average molecular weight is 206 g/mol. The summed E-state index contributed by atoms with van der Waals surface area (Å²) in [5.74, 6) is 1.96. The average Bonchev–Trinajstić information content (AvgIpc) is 2.15. The Morgan fingerprint density at radius 2 is 1.71 bits per heavy atom. The van der Waals surface area contributed by atoms with Crippen molar-refractivity contribution in [3.05, 3.63) is 0 Å². The van der Waals surface area contributed by atoms with Gasteiger partial charge in [-0.15, -0.1) is 12.3 Å². The van der Waals surface area contributed by atoms with Crippen molar-refractivity contribution in [2.75, 3.05) is 0 Å². The highest BCUT2D eigenvalue weighted by Gasteiger charge is 2.44. The summed E-state index contributed by atoms with van der Waals surface area (Å²) >= 11 is 0. The lowest BCUT2D eigenvalue weighted by molar-refractivity contribution is -0.222. The number of terminal acetylenes is 1. The van der Waals surface area contributed by atoms with Gasteiger partial charge in [-0.2, -0.15) is 13.2 Å². The third-order valence-electron chi connectivity index (χ3n) is 2.79. The molecule has 0 aromatic rings. The molecule has 0 aromatic carbocycles. The first-order valence-electron chi connectivity index (χ1n) is 4.66. The SMILES string of the molecule is C#CC1CCC(C(O)C(F)(F)F)CC1. The monoisotopic (exact) mass is 206 g/mol. The Morgan fingerprint density at radius 3 is 2.07 bits per heavy atom. The molecule has 0 aliphatic heterocycles. The van der Waals surface area contributed by atoms with E-state index in [4.69, 9.17) is 11.5 Å². The first-order valence-corrected chi connectivity index (χ1v) is 4.66. The Labute approximate surface area is 81.3 Å². The van der Waals surface area contributed by atoms with Crippen LogP contribution in [0.2, 0.25) is 0 Å². The van der Waals surface area contributed by atoms with Crippen molar-refractivity contribution in [3.63, 3.8) is 0 Å². The van der Waals surface area contributed by atoms with Crippen molar-refractivity contribution in [2.45, 2.75) is 38.0 Å². The molecule has 0 saturated heterocycles. The molecular formula is C10H13F3O. The number of hydrogen-bond acceptors (Lipinski definition) is 1. The molecule has 1 atom stereocenters. The van der Waals surface area contributed by atoms with Crippen molar-refractivity contribution in [3.8, 4) is 12.3 Å². The molecule has 1 unspecified atom stereocenters. The molecular weight excluding hydrogens is 193 g/mol. The maximum atomic E-state index is 12.1. The van der Waals surface area contributed by atoms with Crippen LogP contribution in [0, 0.1) is 24.2 Å². The second kappa shape index (κ2) is 4.22. The fourth-order valence-corrected chi connectivity index (χ4v) is 1.87. The normalized spacial score (nSPS) is 30.8. The first-order chi connectivity index (χ1) is 6.45. The van der Waals surface area contributed by atoms with Crippen LogP contribution in [0.25, 0.3) is 0 Å². The molecule has 1 N–H and O–H groups in total. The second-order valence-electron chi connectivity index (χ2n) is 3.76. The first kappa shape index (κ1) is 11.4. The van der Waals surface area contributed by atoms with Crippen molar-refractivity contribution < 1.29 is 18.3 Å². The van der Waals surface area contributed by atoms with E-state index in [0.29, 0.717) is 25.7 Å². The lowest BCUT2D eigenvalue weighted by atomic mass is 9.79. The van der Waals surface area contributed by atoms with Gasteiger partial charge in [-0.1, -0.05) is 0 Å². The van der Waals surface area contributed by atoms with Gasteiger partial charge in [0.05, 0.1) is 0 Å².